The van der Waals surface area contributed by atoms with Crippen molar-refractivity contribution in [1.82, 2.24) is 9.80 Å². The molecule has 6 heteroatoms. The molecule has 114 valence electrons. The van der Waals surface area contributed by atoms with Gasteiger partial charge in [-0.1, -0.05) is 13.8 Å². The second-order valence-electron chi connectivity index (χ2n) is 5.45. The van der Waals surface area contributed by atoms with Crippen molar-refractivity contribution in [3.63, 3.8) is 0 Å². The number of carboxylic acid groups (broad SMARTS) is 1. The molecule has 1 N–H and O–H groups in total. The standard InChI is InChI=1S/C14H24N2O4/c1-4-14(5-2,13(19)20)9-11(17)16-8-6-7-15(3)12(18)10-16/h4-10H2,1-3H3,(H,19,20). The van der Waals surface area contributed by atoms with Crippen molar-refractivity contribution in [2.75, 3.05) is 26.7 Å². The Morgan fingerprint density at radius 3 is 2.35 bits per heavy atom. The van der Waals surface area contributed by atoms with Crippen LogP contribution in [-0.2, 0) is 14.4 Å². The summed E-state index contributed by atoms with van der Waals surface area (Å²) in [5.74, 6) is -1.27. The highest BCUT2D eigenvalue weighted by molar-refractivity contribution is 5.88. The summed E-state index contributed by atoms with van der Waals surface area (Å²) < 4.78 is 0. The summed E-state index contributed by atoms with van der Waals surface area (Å²) >= 11 is 0. The average molecular weight is 284 g/mol. The molecule has 1 fully saturated rings. The van der Waals surface area contributed by atoms with Gasteiger partial charge in [-0.15, -0.1) is 0 Å². The molecule has 0 spiro atoms. The predicted octanol–water partition coefficient (Wildman–Crippen LogP) is 0.958. The molecule has 0 saturated carbocycles. The van der Waals surface area contributed by atoms with Gasteiger partial charge >= 0.3 is 5.97 Å². The van der Waals surface area contributed by atoms with Gasteiger partial charge in [0.05, 0.1) is 12.0 Å². The molecule has 0 atom stereocenters. The zero-order valence-corrected chi connectivity index (χ0v) is 12.5. The highest BCUT2D eigenvalue weighted by atomic mass is 16.4. The first-order valence-electron chi connectivity index (χ1n) is 7.11. The van der Waals surface area contributed by atoms with E-state index in [2.05, 4.69) is 0 Å². The van der Waals surface area contributed by atoms with Gasteiger partial charge in [0, 0.05) is 26.6 Å². The molecule has 1 aliphatic heterocycles. The molecular formula is C14H24N2O4. The highest BCUT2D eigenvalue weighted by Gasteiger charge is 2.38. The van der Waals surface area contributed by atoms with Crippen LogP contribution in [0.15, 0.2) is 0 Å². The molecular weight excluding hydrogens is 260 g/mol. The number of hydrogen-bond donors (Lipinski definition) is 1. The van der Waals surface area contributed by atoms with E-state index in [9.17, 15) is 19.5 Å². The van der Waals surface area contributed by atoms with Crippen molar-refractivity contribution in [2.45, 2.75) is 39.5 Å². The van der Waals surface area contributed by atoms with E-state index in [1.54, 1.807) is 25.8 Å². The van der Waals surface area contributed by atoms with Gasteiger partial charge in [0.1, 0.15) is 0 Å². The summed E-state index contributed by atoms with van der Waals surface area (Å²) in [5.41, 5.74) is -1.02. The number of carboxylic acids is 1. The number of hydrogen-bond acceptors (Lipinski definition) is 3. The number of nitrogens with zero attached hydrogens (tertiary/aromatic N) is 2. The van der Waals surface area contributed by atoms with Crippen LogP contribution in [0.5, 0.6) is 0 Å². The summed E-state index contributed by atoms with van der Waals surface area (Å²) in [6.45, 7) is 4.77. The molecule has 1 heterocycles. The fourth-order valence-electron chi connectivity index (χ4n) is 2.48. The van der Waals surface area contributed by atoms with Crippen molar-refractivity contribution in [3.8, 4) is 0 Å². The fraction of sp³-hybridized carbons (Fsp3) is 0.786. The Morgan fingerprint density at radius 2 is 1.85 bits per heavy atom. The van der Waals surface area contributed by atoms with Gasteiger partial charge < -0.3 is 14.9 Å². The smallest absolute Gasteiger partial charge is 0.310 e. The Hall–Kier alpha value is -1.59. The van der Waals surface area contributed by atoms with Crippen LogP contribution in [0.2, 0.25) is 0 Å². The molecule has 0 aromatic heterocycles. The van der Waals surface area contributed by atoms with Gasteiger partial charge in [-0.3, -0.25) is 14.4 Å². The molecule has 0 bridgehead atoms. The Bertz CT molecular complexity index is 391. The first kappa shape index (κ1) is 16.5. The largest absolute Gasteiger partial charge is 0.481 e. The Morgan fingerprint density at radius 1 is 1.25 bits per heavy atom. The minimum Gasteiger partial charge on any atom is -0.481 e. The average Bonchev–Trinajstić information content (AvgIpc) is 2.58. The lowest BCUT2D eigenvalue weighted by molar-refractivity contribution is -0.154. The van der Waals surface area contributed by atoms with Gasteiger partial charge in [0.15, 0.2) is 0 Å². The lowest BCUT2D eigenvalue weighted by atomic mass is 9.79. The number of aliphatic carboxylic acids is 1. The monoisotopic (exact) mass is 284 g/mol. The number of rotatable bonds is 5. The van der Waals surface area contributed by atoms with E-state index in [1.807, 2.05) is 0 Å². The lowest BCUT2D eigenvalue weighted by Crippen LogP contribution is -2.42. The van der Waals surface area contributed by atoms with Crippen LogP contribution in [0.1, 0.15) is 39.5 Å². The second-order valence-corrected chi connectivity index (χ2v) is 5.45. The topological polar surface area (TPSA) is 77.9 Å². The van der Waals surface area contributed by atoms with Crippen molar-refractivity contribution in [3.05, 3.63) is 0 Å². The van der Waals surface area contributed by atoms with Crippen LogP contribution in [-0.4, -0.2) is 59.4 Å². The Labute approximate surface area is 119 Å². The fourth-order valence-corrected chi connectivity index (χ4v) is 2.48. The molecule has 0 aliphatic carbocycles. The third-order valence-corrected chi connectivity index (χ3v) is 4.32. The van der Waals surface area contributed by atoms with Crippen LogP contribution in [0.25, 0.3) is 0 Å². The van der Waals surface area contributed by atoms with Crippen molar-refractivity contribution >= 4 is 17.8 Å². The van der Waals surface area contributed by atoms with E-state index in [-0.39, 0.29) is 24.8 Å². The lowest BCUT2D eigenvalue weighted by Gasteiger charge is -2.29. The maximum absolute atomic E-state index is 12.3. The van der Waals surface area contributed by atoms with E-state index in [0.29, 0.717) is 25.9 Å². The van der Waals surface area contributed by atoms with Crippen LogP contribution in [0, 0.1) is 5.41 Å². The van der Waals surface area contributed by atoms with Crippen molar-refractivity contribution in [2.24, 2.45) is 5.41 Å². The van der Waals surface area contributed by atoms with Crippen LogP contribution < -0.4 is 0 Å². The minimum atomic E-state index is -1.02. The SMILES string of the molecule is CCC(CC)(CC(=O)N1CCCN(C)C(=O)C1)C(=O)O. The predicted molar refractivity (Wildman–Crippen MR) is 74.1 cm³/mol. The van der Waals surface area contributed by atoms with Crippen LogP contribution >= 0.6 is 0 Å². The van der Waals surface area contributed by atoms with Crippen LogP contribution in [0.4, 0.5) is 0 Å². The van der Waals surface area contributed by atoms with Gasteiger partial charge in [0.2, 0.25) is 11.8 Å². The maximum Gasteiger partial charge on any atom is 0.310 e. The van der Waals surface area contributed by atoms with Crippen LogP contribution in [0.3, 0.4) is 0 Å². The van der Waals surface area contributed by atoms with Gasteiger partial charge in [-0.05, 0) is 19.3 Å². The summed E-state index contributed by atoms with van der Waals surface area (Å²) in [6.07, 6.45) is 1.51. The zero-order chi connectivity index (χ0) is 15.3. The van der Waals surface area contributed by atoms with E-state index < -0.39 is 11.4 Å². The van der Waals surface area contributed by atoms with Crippen molar-refractivity contribution < 1.29 is 19.5 Å². The summed E-state index contributed by atoms with van der Waals surface area (Å²) in [6, 6.07) is 0. The molecule has 0 aromatic carbocycles. The van der Waals surface area contributed by atoms with E-state index in [1.165, 1.54) is 4.90 Å². The molecule has 1 rings (SSSR count). The van der Waals surface area contributed by atoms with Gasteiger partial charge in [-0.25, -0.2) is 0 Å². The van der Waals surface area contributed by atoms with Crippen molar-refractivity contribution in [1.29, 1.82) is 0 Å². The van der Waals surface area contributed by atoms with Gasteiger partial charge in [-0.2, -0.15) is 0 Å². The minimum absolute atomic E-state index is 0.0354. The Balaban J connectivity index is 2.79. The molecule has 0 radical (unpaired) electrons. The first-order chi connectivity index (χ1) is 9.36. The summed E-state index contributed by atoms with van der Waals surface area (Å²) in [4.78, 5) is 38.7. The normalized spacial score (nSPS) is 17.1. The third-order valence-electron chi connectivity index (χ3n) is 4.32. The molecule has 20 heavy (non-hydrogen) atoms. The number of carbonyl (C=O) groups is 3. The maximum atomic E-state index is 12.3. The Kier molecular flexibility index (Phi) is 5.53. The third kappa shape index (κ3) is 3.49. The molecule has 1 aliphatic rings. The first-order valence-corrected chi connectivity index (χ1v) is 7.11. The summed E-state index contributed by atoms with van der Waals surface area (Å²) in [7, 11) is 1.72. The highest BCUT2D eigenvalue weighted by Crippen LogP contribution is 2.31. The van der Waals surface area contributed by atoms with E-state index >= 15 is 0 Å². The summed E-state index contributed by atoms with van der Waals surface area (Å²) in [5, 5.41) is 9.37. The molecule has 1 saturated heterocycles. The molecule has 6 nitrogen and oxygen atoms in total. The van der Waals surface area contributed by atoms with E-state index in [0.717, 1.165) is 6.42 Å². The molecule has 0 aromatic rings. The van der Waals surface area contributed by atoms with E-state index in [4.69, 9.17) is 0 Å². The number of amides is 2. The quantitative estimate of drug-likeness (QED) is 0.815. The zero-order valence-electron chi connectivity index (χ0n) is 12.5. The molecule has 0 unspecified atom stereocenters. The number of carbonyl (C=O) groups excluding carboxylic acids is 2. The van der Waals surface area contributed by atoms with Gasteiger partial charge in [0.25, 0.3) is 0 Å². The molecule has 2 amide bonds. The number of likely N-dealkylation sites (N-methyl/N-ethyl adjacent to an activating group) is 1. The second kappa shape index (κ2) is 6.72.